The van der Waals surface area contributed by atoms with Crippen molar-refractivity contribution < 1.29 is 19.4 Å². The van der Waals surface area contributed by atoms with Gasteiger partial charge in [0.05, 0.1) is 13.2 Å². The minimum Gasteiger partial charge on any atom is -0.386 e. The highest BCUT2D eigenvalue weighted by Crippen LogP contribution is 2.22. The van der Waals surface area contributed by atoms with Crippen molar-refractivity contribution >= 4 is 23.2 Å². The number of aryl methyl sites for hydroxylation is 1. The first-order valence-electron chi connectivity index (χ1n) is 7.66. The molecule has 23 heavy (non-hydrogen) atoms. The average molecular weight is 341 g/mol. The summed E-state index contributed by atoms with van der Waals surface area (Å²) in [6, 6.07) is 1.91. The van der Waals surface area contributed by atoms with Crippen LogP contribution in [0.2, 0.25) is 0 Å². The number of amides is 2. The van der Waals surface area contributed by atoms with E-state index in [1.165, 1.54) is 11.3 Å². The highest BCUT2D eigenvalue weighted by Gasteiger charge is 2.17. The van der Waals surface area contributed by atoms with E-state index >= 15 is 0 Å². The van der Waals surface area contributed by atoms with Gasteiger partial charge in [0.2, 0.25) is 0 Å². The summed E-state index contributed by atoms with van der Waals surface area (Å²) in [6.07, 6.45) is -0.792. The lowest BCUT2D eigenvalue weighted by molar-refractivity contribution is -0.139. The SMILES string of the molecule is Cc1ccsc1C(O)CNC(=O)C(=O)NCCN1CCOCC1. The fourth-order valence-corrected chi connectivity index (χ4v) is 3.23. The normalized spacial score (nSPS) is 16.8. The Bertz CT molecular complexity index is 529. The van der Waals surface area contributed by atoms with Crippen LogP contribution < -0.4 is 10.6 Å². The number of ether oxygens (including phenoxy) is 1. The second kappa shape index (κ2) is 8.97. The second-order valence-corrected chi connectivity index (χ2v) is 6.35. The van der Waals surface area contributed by atoms with Crippen LogP contribution in [0.1, 0.15) is 16.5 Å². The van der Waals surface area contributed by atoms with E-state index in [1.54, 1.807) is 0 Å². The number of carbonyl (C=O) groups is 2. The van der Waals surface area contributed by atoms with Crippen LogP contribution in [0.5, 0.6) is 0 Å². The summed E-state index contributed by atoms with van der Waals surface area (Å²) in [4.78, 5) is 26.4. The van der Waals surface area contributed by atoms with Crippen molar-refractivity contribution in [3.63, 3.8) is 0 Å². The zero-order chi connectivity index (χ0) is 16.7. The number of thiophene rings is 1. The van der Waals surface area contributed by atoms with Gasteiger partial charge in [-0.2, -0.15) is 0 Å². The van der Waals surface area contributed by atoms with Gasteiger partial charge in [0.1, 0.15) is 6.10 Å². The van der Waals surface area contributed by atoms with Gasteiger partial charge in [-0.05, 0) is 23.9 Å². The maximum absolute atomic E-state index is 11.7. The number of rotatable bonds is 6. The molecule has 1 saturated heterocycles. The fraction of sp³-hybridized carbons (Fsp3) is 0.600. The molecule has 2 amide bonds. The molecule has 0 bridgehead atoms. The molecule has 0 aliphatic carbocycles. The summed E-state index contributed by atoms with van der Waals surface area (Å²) in [5.74, 6) is -1.39. The van der Waals surface area contributed by atoms with Gasteiger partial charge in [-0.15, -0.1) is 11.3 Å². The predicted molar refractivity (Wildman–Crippen MR) is 87.3 cm³/mol. The summed E-state index contributed by atoms with van der Waals surface area (Å²) < 4.78 is 5.24. The molecule has 0 aromatic carbocycles. The molecule has 1 fully saturated rings. The maximum Gasteiger partial charge on any atom is 0.309 e. The molecule has 1 atom stereocenters. The monoisotopic (exact) mass is 341 g/mol. The number of aliphatic hydroxyl groups excluding tert-OH is 1. The summed E-state index contributed by atoms with van der Waals surface area (Å²) in [5, 5.41) is 16.9. The van der Waals surface area contributed by atoms with Crippen molar-refractivity contribution in [2.24, 2.45) is 0 Å². The highest BCUT2D eigenvalue weighted by atomic mass is 32.1. The molecule has 1 aromatic heterocycles. The maximum atomic E-state index is 11.7. The predicted octanol–water partition coefficient (Wildman–Crippen LogP) is -0.345. The molecule has 7 nitrogen and oxygen atoms in total. The molecular weight excluding hydrogens is 318 g/mol. The zero-order valence-corrected chi connectivity index (χ0v) is 14.0. The molecular formula is C15H23N3O4S. The molecule has 0 saturated carbocycles. The van der Waals surface area contributed by atoms with Gasteiger partial charge in [0, 0.05) is 37.6 Å². The zero-order valence-electron chi connectivity index (χ0n) is 13.2. The molecule has 1 unspecified atom stereocenters. The van der Waals surface area contributed by atoms with Crippen molar-refractivity contribution in [1.82, 2.24) is 15.5 Å². The molecule has 1 aromatic rings. The minimum atomic E-state index is -0.792. The minimum absolute atomic E-state index is 0.0249. The first-order chi connectivity index (χ1) is 11.1. The van der Waals surface area contributed by atoms with Gasteiger partial charge in [-0.3, -0.25) is 14.5 Å². The number of hydrogen-bond donors (Lipinski definition) is 3. The Morgan fingerprint density at radius 1 is 1.35 bits per heavy atom. The first kappa shape index (κ1) is 17.9. The fourth-order valence-electron chi connectivity index (χ4n) is 2.32. The van der Waals surface area contributed by atoms with Gasteiger partial charge >= 0.3 is 11.8 Å². The third-order valence-electron chi connectivity index (χ3n) is 3.68. The molecule has 1 aliphatic rings. The van der Waals surface area contributed by atoms with E-state index in [2.05, 4.69) is 15.5 Å². The van der Waals surface area contributed by atoms with Crippen molar-refractivity contribution in [2.45, 2.75) is 13.0 Å². The standard InChI is InChI=1S/C15H23N3O4S/c1-11-2-9-23-13(11)12(19)10-17-15(21)14(20)16-3-4-18-5-7-22-8-6-18/h2,9,12,19H,3-8,10H2,1H3,(H,16,20)(H,17,21). The number of aliphatic hydroxyl groups is 1. The summed E-state index contributed by atoms with van der Waals surface area (Å²) >= 11 is 1.43. The smallest absolute Gasteiger partial charge is 0.309 e. The van der Waals surface area contributed by atoms with Crippen molar-refractivity contribution in [2.75, 3.05) is 45.9 Å². The van der Waals surface area contributed by atoms with Crippen molar-refractivity contribution in [1.29, 1.82) is 0 Å². The second-order valence-electron chi connectivity index (χ2n) is 5.40. The molecule has 8 heteroatoms. The highest BCUT2D eigenvalue weighted by molar-refractivity contribution is 7.10. The lowest BCUT2D eigenvalue weighted by Gasteiger charge is -2.26. The van der Waals surface area contributed by atoms with Crippen LogP contribution in [-0.2, 0) is 14.3 Å². The van der Waals surface area contributed by atoms with E-state index in [9.17, 15) is 14.7 Å². The molecule has 1 aliphatic heterocycles. The van der Waals surface area contributed by atoms with Crippen molar-refractivity contribution in [3.05, 3.63) is 21.9 Å². The van der Waals surface area contributed by atoms with Crippen LogP contribution in [0.25, 0.3) is 0 Å². The summed E-state index contributed by atoms with van der Waals surface area (Å²) in [7, 11) is 0. The Labute approximate surface area is 139 Å². The number of morpholine rings is 1. The van der Waals surface area contributed by atoms with E-state index in [0.717, 1.165) is 23.5 Å². The van der Waals surface area contributed by atoms with E-state index < -0.39 is 17.9 Å². The molecule has 2 rings (SSSR count). The third-order valence-corrected chi connectivity index (χ3v) is 4.80. The van der Waals surface area contributed by atoms with Gasteiger partial charge in [-0.25, -0.2) is 0 Å². The van der Waals surface area contributed by atoms with E-state index in [-0.39, 0.29) is 6.54 Å². The number of nitrogens with one attached hydrogen (secondary N) is 2. The van der Waals surface area contributed by atoms with Gasteiger partial charge < -0.3 is 20.5 Å². The largest absolute Gasteiger partial charge is 0.386 e. The van der Waals surface area contributed by atoms with Crippen LogP contribution >= 0.6 is 11.3 Å². The Balaban J connectivity index is 1.64. The molecule has 128 valence electrons. The van der Waals surface area contributed by atoms with Crippen LogP contribution in [0.15, 0.2) is 11.4 Å². The topological polar surface area (TPSA) is 90.9 Å². The van der Waals surface area contributed by atoms with E-state index in [0.29, 0.717) is 26.3 Å². The van der Waals surface area contributed by atoms with Crippen LogP contribution in [0.3, 0.4) is 0 Å². The summed E-state index contributed by atoms with van der Waals surface area (Å²) in [5.41, 5.74) is 0.978. The number of nitrogens with zero attached hydrogens (tertiary/aromatic N) is 1. The number of hydrogen-bond acceptors (Lipinski definition) is 6. The lowest BCUT2D eigenvalue weighted by atomic mass is 10.2. The molecule has 0 radical (unpaired) electrons. The Hall–Kier alpha value is -1.48. The number of carbonyl (C=O) groups excluding carboxylic acids is 2. The molecule has 0 spiro atoms. The van der Waals surface area contributed by atoms with E-state index in [4.69, 9.17) is 4.74 Å². The van der Waals surface area contributed by atoms with Gasteiger partial charge in [-0.1, -0.05) is 0 Å². The van der Waals surface area contributed by atoms with E-state index in [1.807, 2.05) is 18.4 Å². The Kier molecular flexibility index (Phi) is 6.97. The van der Waals surface area contributed by atoms with Crippen molar-refractivity contribution in [3.8, 4) is 0 Å². The quantitative estimate of drug-likeness (QED) is 0.616. The van der Waals surface area contributed by atoms with Crippen LogP contribution in [0.4, 0.5) is 0 Å². The first-order valence-corrected chi connectivity index (χ1v) is 8.54. The molecule has 3 N–H and O–H groups in total. The third kappa shape index (κ3) is 5.58. The van der Waals surface area contributed by atoms with Crippen LogP contribution in [-0.4, -0.2) is 67.8 Å². The Morgan fingerprint density at radius 2 is 2.04 bits per heavy atom. The van der Waals surface area contributed by atoms with Crippen LogP contribution in [0, 0.1) is 6.92 Å². The average Bonchev–Trinajstić information content (AvgIpc) is 2.99. The van der Waals surface area contributed by atoms with Gasteiger partial charge in [0.25, 0.3) is 0 Å². The molecule has 2 heterocycles. The lowest BCUT2D eigenvalue weighted by Crippen LogP contribution is -2.45. The summed E-state index contributed by atoms with van der Waals surface area (Å²) in [6.45, 7) is 6.12. The van der Waals surface area contributed by atoms with Gasteiger partial charge in [0.15, 0.2) is 0 Å². The Morgan fingerprint density at radius 3 is 2.70 bits per heavy atom.